The zero-order chi connectivity index (χ0) is 12.7. The number of hydrogen-bond acceptors (Lipinski definition) is 1. The first-order valence-electron chi connectivity index (χ1n) is 6.65. The maximum atomic E-state index is 5.90. The summed E-state index contributed by atoms with van der Waals surface area (Å²) in [6.45, 7) is 7.88. The van der Waals surface area contributed by atoms with Crippen LogP contribution < -0.4 is 5.32 Å². The first-order valence-corrected chi connectivity index (χ1v) is 7.03. The van der Waals surface area contributed by atoms with Crippen molar-refractivity contribution in [1.82, 2.24) is 5.32 Å². The Bertz CT molecular complexity index is 307. The van der Waals surface area contributed by atoms with Crippen molar-refractivity contribution < 1.29 is 0 Å². The standard InChI is InChI=1S/C15H24ClN/c1-4-10-17-12(3)14(5-2)11-13-6-8-15(16)9-7-13/h6-9,12,14,17H,4-5,10-11H2,1-3H3. The largest absolute Gasteiger partial charge is 0.314 e. The first kappa shape index (κ1) is 14.5. The monoisotopic (exact) mass is 253 g/mol. The third-order valence-electron chi connectivity index (χ3n) is 3.36. The van der Waals surface area contributed by atoms with Gasteiger partial charge in [-0.15, -0.1) is 0 Å². The van der Waals surface area contributed by atoms with Crippen LogP contribution >= 0.6 is 11.6 Å². The highest BCUT2D eigenvalue weighted by Gasteiger charge is 2.14. The van der Waals surface area contributed by atoms with Gasteiger partial charge in [0.15, 0.2) is 0 Å². The maximum absolute atomic E-state index is 5.90. The van der Waals surface area contributed by atoms with Gasteiger partial charge in [0.2, 0.25) is 0 Å². The Labute approximate surface area is 111 Å². The molecule has 0 aromatic heterocycles. The summed E-state index contributed by atoms with van der Waals surface area (Å²) in [4.78, 5) is 0. The zero-order valence-corrected chi connectivity index (χ0v) is 11.9. The topological polar surface area (TPSA) is 12.0 Å². The van der Waals surface area contributed by atoms with Gasteiger partial charge in [0.25, 0.3) is 0 Å². The van der Waals surface area contributed by atoms with Crippen molar-refractivity contribution in [3.05, 3.63) is 34.9 Å². The molecule has 2 atom stereocenters. The van der Waals surface area contributed by atoms with E-state index in [1.165, 1.54) is 18.4 Å². The maximum Gasteiger partial charge on any atom is 0.0406 e. The van der Waals surface area contributed by atoms with Crippen molar-refractivity contribution in [3.8, 4) is 0 Å². The summed E-state index contributed by atoms with van der Waals surface area (Å²) in [6.07, 6.45) is 3.54. The van der Waals surface area contributed by atoms with Crippen molar-refractivity contribution in [2.45, 2.75) is 46.1 Å². The van der Waals surface area contributed by atoms with Crippen molar-refractivity contribution in [3.63, 3.8) is 0 Å². The van der Waals surface area contributed by atoms with E-state index in [2.05, 4.69) is 38.2 Å². The van der Waals surface area contributed by atoms with Crippen LogP contribution in [0.3, 0.4) is 0 Å². The number of nitrogens with one attached hydrogen (secondary N) is 1. The quantitative estimate of drug-likeness (QED) is 0.764. The predicted octanol–water partition coefficient (Wildman–Crippen LogP) is 4.30. The summed E-state index contributed by atoms with van der Waals surface area (Å²) >= 11 is 5.90. The van der Waals surface area contributed by atoms with Crippen LogP contribution in [0.2, 0.25) is 5.02 Å². The van der Waals surface area contributed by atoms with E-state index in [9.17, 15) is 0 Å². The van der Waals surface area contributed by atoms with Crippen LogP contribution in [0.25, 0.3) is 0 Å². The molecule has 0 aliphatic heterocycles. The Kier molecular flexibility index (Phi) is 6.61. The molecule has 0 saturated carbocycles. The molecule has 1 aromatic carbocycles. The van der Waals surface area contributed by atoms with Gasteiger partial charge in [0, 0.05) is 11.1 Å². The van der Waals surface area contributed by atoms with Gasteiger partial charge in [-0.05, 0) is 49.9 Å². The minimum Gasteiger partial charge on any atom is -0.314 e. The second kappa shape index (κ2) is 7.73. The van der Waals surface area contributed by atoms with Crippen molar-refractivity contribution in [1.29, 1.82) is 0 Å². The second-order valence-corrected chi connectivity index (χ2v) is 5.18. The summed E-state index contributed by atoms with van der Waals surface area (Å²) in [6, 6.07) is 8.81. The number of halogens is 1. The molecule has 0 heterocycles. The zero-order valence-electron chi connectivity index (χ0n) is 11.2. The minimum atomic E-state index is 0.579. The molecule has 0 saturated heterocycles. The van der Waals surface area contributed by atoms with Crippen LogP contribution in [-0.2, 0) is 6.42 Å². The van der Waals surface area contributed by atoms with Crippen molar-refractivity contribution >= 4 is 11.6 Å². The van der Waals surface area contributed by atoms with E-state index in [0.717, 1.165) is 18.0 Å². The summed E-state index contributed by atoms with van der Waals surface area (Å²) in [5.74, 6) is 0.697. The molecule has 0 amide bonds. The van der Waals surface area contributed by atoms with Gasteiger partial charge in [-0.3, -0.25) is 0 Å². The highest BCUT2D eigenvalue weighted by atomic mass is 35.5. The van der Waals surface area contributed by atoms with Crippen LogP contribution in [0.1, 0.15) is 39.2 Å². The van der Waals surface area contributed by atoms with E-state index in [-0.39, 0.29) is 0 Å². The lowest BCUT2D eigenvalue weighted by Crippen LogP contribution is -2.34. The van der Waals surface area contributed by atoms with Crippen molar-refractivity contribution in [2.75, 3.05) is 6.54 Å². The van der Waals surface area contributed by atoms with E-state index in [1.54, 1.807) is 0 Å². The number of benzene rings is 1. The molecule has 0 bridgehead atoms. The fraction of sp³-hybridized carbons (Fsp3) is 0.600. The highest BCUT2D eigenvalue weighted by Crippen LogP contribution is 2.18. The fourth-order valence-electron chi connectivity index (χ4n) is 2.14. The van der Waals surface area contributed by atoms with Crippen LogP contribution in [-0.4, -0.2) is 12.6 Å². The second-order valence-electron chi connectivity index (χ2n) is 4.74. The van der Waals surface area contributed by atoms with E-state index < -0.39 is 0 Å². The van der Waals surface area contributed by atoms with Crippen LogP contribution in [0.5, 0.6) is 0 Å². The average Bonchev–Trinajstić information content (AvgIpc) is 2.35. The summed E-state index contributed by atoms with van der Waals surface area (Å²) in [5.41, 5.74) is 1.38. The Morgan fingerprint density at radius 2 is 1.82 bits per heavy atom. The molecule has 0 aliphatic rings. The lowest BCUT2D eigenvalue weighted by Gasteiger charge is -2.24. The van der Waals surface area contributed by atoms with Gasteiger partial charge in [0.05, 0.1) is 0 Å². The smallest absolute Gasteiger partial charge is 0.0406 e. The van der Waals surface area contributed by atoms with E-state index in [1.807, 2.05) is 12.1 Å². The molecule has 17 heavy (non-hydrogen) atoms. The molecule has 0 radical (unpaired) electrons. The number of rotatable bonds is 7. The van der Waals surface area contributed by atoms with Crippen LogP contribution in [0.4, 0.5) is 0 Å². The molecule has 2 unspecified atom stereocenters. The normalized spacial score (nSPS) is 14.6. The van der Waals surface area contributed by atoms with Gasteiger partial charge in [-0.2, -0.15) is 0 Å². The molecule has 1 rings (SSSR count). The van der Waals surface area contributed by atoms with Gasteiger partial charge in [0.1, 0.15) is 0 Å². The molecule has 1 aromatic rings. The molecule has 96 valence electrons. The minimum absolute atomic E-state index is 0.579. The SMILES string of the molecule is CCCNC(C)C(CC)Cc1ccc(Cl)cc1. The van der Waals surface area contributed by atoms with Gasteiger partial charge in [-0.1, -0.05) is 44.0 Å². The Hall–Kier alpha value is -0.530. The summed E-state index contributed by atoms with van der Waals surface area (Å²) in [7, 11) is 0. The molecule has 1 nitrogen and oxygen atoms in total. The van der Waals surface area contributed by atoms with E-state index in [4.69, 9.17) is 11.6 Å². The van der Waals surface area contributed by atoms with Gasteiger partial charge < -0.3 is 5.32 Å². The lowest BCUT2D eigenvalue weighted by atomic mass is 9.91. The fourth-order valence-corrected chi connectivity index (χ4v) is 2.26. The molecule has 1 N–H and O–H groups in total. The van der Waals surface area contributed by atoms with E-state index >= 15 is 0 Å². The first-order chi connectivity index (χ1) is 8.17. The molecule has 0 spiro atoms. The summed E-state index contributed by atoms with van der Waals surface area (Å²) < 4.78 is 0. The molecular formula is C15H24ClN. The molecule has 0 fully saturated rings. The van der Waals surface area contributed by atoms with E-state index in [0.29, 0.717) is 12.0 Å². The Morgan fingerprint density at radius 1 is 1.18 bits per heavy atom. The molecular weight excluding hydrogens is 230 g/mol. The van der Waals surface area contributed by atoms with Crippen molar-refractivity contribution in [2.24, 2.45) is 5.92 Å². The Morgan fingerprint density at radius 3 is 2.35 bits per heavy atom. The van der Waals surface area contributed by atoms with Crippen LogP contribution in [0.15, 0.2) is 24.3 Å². The summed E-state index contributed by atoms with van der Waals surface area (Å²) in [5, 5.41) is 4.41. The third kappa shape index (κ3) is 5.10. The third-order valence-corrected chi connectivity index (χ3v) is 3.61. The van der Waals surface area contributed by atoms with Gasteiger partial charge in [-0.25, -0.2) is 0 Å². The average molecular weight is 254 g/mol. The van der Waals surface area contributed by atoms with Crippen LogP contribution in [0, 0.1) is 5.92 Å². The van der Waals surface area contributed by atoms with Gasteiger partial charge >= 0.3 is 0 Å². The highest BCUT2D eigenvalue weighted by molar-refractivity contribution is 6.30. The molecule has 2 heteroatoms. The predicted molar refractivity (Wildman–Crippen MR) is 76.7 cm³/mol. The lowest BCUT2D eigenvalue weighted by molar-refractivity contribution is 0.362. The molecule has 0 aliphatic carbocycles. The number of hydrogen-bond donors (Lipinski definition) is 1. The Balaban J connectivity index is 2.53.